The quantitative estimate of drug-likeness (QED) is 0.938. The van der Waals surface area contributed by atoms with E-state index in [1.807, 2.05) is 24.1 Å². The predicted octanol–water partition coefficient (Wildman–Crippen LogP) is 2.15. The molecule has 0 aromatic carbocycles. The van der Waals surface area contributed by atoms with Crippen molar-refractivity contribution in [3.05, 3.63) is 40.3 Å². The number of nitrogens with one attached hydrogen (secondary N) is 1. The first-order valence-electron chi connectivity index (χ1n) is 8.27. The Kier molecular flexibility index (Phi) is 3.95. The predicted molar refractivity (Wildman–Crippen MR) is 90.3 cm³/mol. The second-order valence-electron chi connectivity index (χ2n) is 6.52. The Hall–Kier alpha value is -1.66. The van der Waals surface area contributed by atoms with E-state index >= 15 is 0 Å². The fraction of sp³-hybridized carbons (Fsp3) is 0.529. The van der Waals surface area contributed by atoms with Crippen molar-refractivity contribution < 1.29 is 4.79 Å². The zero-order valence-corrected chi connectivity index (χ0v) is 14.1. The van der Waals surface area contributed by atoms with Crippen molar-refractivity contribution in [2.75, 3.05) is 19.6 Å². The fourth-order valence-electron chi connectivity index (χ4n) is 3.94. The molecule has 1 amide bonds. The molecule has 6 heteroatoms. The van der Waals surface area contributed by atoms with E-state index in [-0.39, 0.29) is 17.9 Å². The highest BCUT2D eigenvalue weighted by Crippen LogP contribution is 2.38. The van der Waals surface area contributed by atoms with Gasteiger partial charge < -0.3 is 10.2 Å². The van der Waals surface area contributed by atoms with Gasteiger partial charge in [-0.1, -0.05) is 6.07 Å². The summed E-state index contributed by atoms with van der Waals surface area (Å²) in [5.74, 6) is 0.570. The second-order valence-corrected chi connectivity index (χ2v) is 7.50. The number of aryl methyl sites for hydroxylation is 1. The van der Waals surface area contributed by atoms with Gasteiger partial charge in [0, 0.05) is 43.7 Å². The van der Waals surface area contributed by atoms with E-state index in [1.165, 1.54) is 10.4 Å². The molecule has 0 aliphatic carbocycles. The SMILES string of the molecule is Cn1cc([C@H]2CNC[C@@H]2C(=O)N2CCCC2c2cccs2)cn1. The number of aromatic nitrogens is 2. The van der Waals surface area contributed by atoms with Crippen LogP contribution in [0.25, 0.3) is 0 Å². The third-order valence-corrected chi connectivity index (χ3v) is 6.07. The molecule has 3 atom stereocenters. The van der Waals surface area contributed by atoms with Crippen molar-refractivity contribution in [3.8, 4) is 0 Å². The summed E-state index contributed by atoms with van der Waals surface area (Å²) in [7, 11) is 1.93. The van der Waals surface area contributed by atoms with Crippen LogP contribution in [0.15, 0.2) is 29.9 Å². The minimum atomic E-state index is 0.0276. The molecule has 0 saturated carbocycles. The summed E-state index contributed by atoms with van der Waals surface area (Å²) in [5, 5.41) is 9.78. The number of hydrogen-bond donors (Lipinski definition) is 1. The normalized spacial score (nSPS) is 27.7. The van der Waals surface area contributed by atoms with Crippen LogP contribution in [-0.2, 0) is 11.8 Å². The molecule has 0 spiro atoms. The molecule has 2 aliphatic rings. The van der Waals surface area contributed by atoms with Gasteiger partial charge in [-0.25, -0.2) is 0 Å². The zero-order chi connectivity index (χ0) is 15.8. The molecular formula is C17H22N4OS. The zero-order valence-electron chi connectivity index (χ0n) is 13.3. The van der Waals surface area contributed by atoms with E-state index in [4.69, 9.17) is 0 Å². The maximum atomic E-state index is 13.2. The number of carbonyl (C=O) groups excluding carboxylic acids is 1. The molecule has 2 fully saturated rings. The molecule has 4 rings (SSSR count). The standard InChI is InChI=1S/C17H22N4OS/c1-20-11-12(8-19-20)13-9-18-10-14(13)17(22)21-6-2-4-15(21)16-5-3-7-23-16/h3,5,7-8,11,13-15,18H,2,4,6,9-10H2,1H3/t13-,14+,15?/m1/s1. The number of amides is 1. The minimum Gasteiger partial charge on any atom is -0.335 e. The first-order chi connectivity index (χ1) is 11.2. The van der Waals surface area contributed by atoms with Crippen LogP contribution in [0, 0.1) is 5.92 Å². The summed E-state index contributed by atoms with van der Waals surface area (Å²) in [6.45, 7) is 2.52. The van der Waals surface area contributed by atoms with Gasteiger partial charge in [-0.3, -0.25) is 9.48 Å². The number of thiophene rings is 1. The maximum Gasteiger partial charge on any atom is 0.228 e. The Balaban J connectivity index is 1.55. The molecule has 1 N–H and O–H groups in total. The van der Waals surface area contributed by atoms with Crippen molar-refractivity contribution >= 4 is 17.2 Å². The molecule has 2 aromatic heterocycles. The average Bonchev–Trinajstić information content (AvgIpc) is 3.31. The first-order valence-corrected chi connectivity index (χ1v) is 9.15. The van der Waals surface area contributed by atoms with Gasteiger partial charge in [0.2, 0.25) is 5.91 Å². The van der Waals surface area contributed by atoms with E-state index in [9.17, 15) is 4.79 Å². The molecule has 0 radical (unpaired) electrons. The molecule has 23 heavy (non-hydrogen) atoms. The first kappa shape index (κ1) is 14.9. The monoisotopic (exact) mass is 330 g/mol. The van der Waals surface area contributed by atoms with Crippen molar-refractivity contribution in [2.24, 2.45) is 13.0 Å². The Labute approximate surface area is 140 Å². The highest BCUT2D eigenvalue weighted by molar-refractivity contribution is 7.10. The molecule has 4 heterocycles. The fourth-order valence-corrected chi connectivity index (χ4v) is 4.81. The van der Waals surface area contributed by atoms with Gasteiger partial charge in [0.05, 0.1) is 18.2 Å². The summed E-state index contributed by atoms with van der Waals surface area (Å²) < 4.78 is 1.82. The maximum absolute atomic E-state index is 13.2. The highest BCUT2D eigenvalue weighted by Gasteiger charge is 2.40. The lowest BCUT2D eigenvalue weighted by Gasteiger charge is -2.28. The number of carbonyl (C=O) groups is 1. The van der Waals surface area contributed by atoms with E-state index in [2.05, 4.69) is 32.8 Å². The average molecular weight is 330 g/mol. The van der Waals surface area contributed by atoms with Gasteiger partial charge in [0.25, 0.3) is 0 Å². The third kappa shape index (κ3) is 2.70. The molecule has 122 valence electrons. The van der Waals surface area contributed by atoms with Crippen molar-refractivity contribution in [1.82, 2.24) is 20.0 Å². The van der Waals surface area contributed by atoms with Crippen molar-refractivity contribution in [1.29, 1.82) is 0 Å². The highest BCUT2D eigenvalue weighted by atomic mass is 32.1. The third-order valence-electron chi connectivity index (χ3n) is 5.09. The molecule has 1 unspecified atom stereocenters. The number of likely N-dealkylation sites (tertiary alicyclic amines) is 1. The van der Waals surface area contributed by atoms with E-state index in [0.717, 1.165) is 32.5 Å². The van der Waals surface area contributed by atoms with Crippen LogP contribution in [0.1, 0.15) is 35.2 Å². The van der Waals surface area contributed by atoms with Crippen LogP contribution in [0.4, 0.5) is 0 Å². The summed E-state index contributed by atoms with van der Waals surface area (Å²) in [5.41, 5.74) is 1.17. The lowest BCUT2D eigenvalue weighted by Crippen LogP contribution is -2.38. The lowest BCUT2D eigenvalue weighted by molar-refractivity contribution is -0.136. The minimum absolute atomic E-state index is 0.0276. The number of rotatable bonds is 3. The smallest absolute Gasteiger partial charge is 0.228 e. The molecule has 2 aliphatic heterocycles. The van der Waals surface area contributed by atoms with Gasteiger partial charge in [-0.05, 0) is 29.9 Å². The van der Waals surface area contributed by atoms with Gasteiger partial charge in [0.1, 0.15) is 0 Å². The molecule has 2 aromatic rings. The van der Waals surface area contributed by atoms with Crippen LogP contribution in [0.5, 0.6) is 0 Å². The van der Waals surface area contributed by atoms with Crippen LogP contribution >= 0.6 is 11.3 Å². The summed E-state index contributed by atoms with van der Waals surface area (Å²) in [6.07, 6.45) is 6.13. The van der Waals surface area contributed by atoms with Crippen molar-refractivity contribution in [3.63, 3.8) is 0 Å². The van der Waals surface area contributed by atoms with Gasteiger partial charge >= 0.3 is 0 Å². The van der Waals surface area contributed by atoms with Crippen LogP contribution in [0.2, 0.25) is 0 Å². The van der Waals surface area contributed by atoms with E-state index < -0.39 is 0 Å². The van der Waals surface area contributed by atoms with Gasteiger partial charge in [0.15, 0.2) is 0 Å². The van der Waals surface area contributed by atoms with Crippen LogP contribution in [-0.4, -0.2) is 40.2 Å². The van der Waals surface area contributed by atoms with Gasteiger partial charge in [-0.2, -0.15) is 5.10 Å². The van der Waals surface area contributed by atoms with Crippen molar-refractivity contribution in [2.45, 2.75) is 24.8 Å². The summed E-state index contributed by atoms with van der Waals surface area (Å²) in [4.78, 5) is 16.6. The Morgan fingerprint density at radius 3 is 3.09 bits per heavy atom. The molecule has 2 saturated heterocycles. The van der Waals surface area contributed by atoms with E-state index in [1.54, 1.807) is 11.3 Å². The van der Waals surface area contributed by atoms with Gasteiger partial charge in [-0.15, -0.1) is 11.3 Å². The number of hydrogen-bond acceptors (Lipinski definition) is 4. The molecule has 0 bridgehead atoms. The molecular weight excluding hydrogens is 308 g/mol. The topological polar surface area (TPSA) is 50.2 Å². The van der Waals surface area contributed by atoms with E-state index in [0.29, 0.717) is 5.91 Å². The Morgan fingerprint density at radius 1 is 1.43 bits per heavy atom. The summed E-state index contributed by atoms with van der Waals surface area (Å²) in [6, 6.07) is 4.51. The lowest BCUT2D eigenvalue weighted by atomic mass is 9.89. The Morgan fingerprint density at radius 2 is 2.35 bits per heavy atom. The summed E-state index contributed by atoms with van der Waals surface area (Å²) >= 11 is 1.76. The van der Waals surface area contributed by atoms with Crippen LogP contribution in [0.3, 0.4) is 0 Å². The van der Waals surface area contributed by atoms with Crippen LogP contribution < -0.4 is 5.32 Å². The largest absolute Gasteiger partial charge is 0.335 e. The second kappa shape index (κ2) is 6.09. The molecule has 5 nitrogen and oxygen atoms in total. The number of nitrogens with zero attached hydrogens (tertiary/aromatic N) is 3. The Bertz CT molecular complexity index is 681.